The van der Waals surface area contributed by atoms with Gasteiger partial charge in [-0.25, -0.2) is 12.8 Å². The Kier molecular flexibility index (Phi) is 4.63. The van der Waals surface area contributed by atoms with Crippen LogP contribution in [0.3, 0.4) is 0 Å². The lowest BCUT2D eigenvalue weighted by atomic mass is 9.92. The van der Waals surface area contributed by atoms with E-state index in [1.54, 1.807) is 6.07 Å². The molecule has 1 fully saturated rings. The molecule has 0 spiro atoms. The maximum Gasteiger partial charge on any atom is 0.150 e. The molecular weight excluding hydrogens is 333 g/mol. The summed E-state index contributed by atoms with van der Waals surface area (Å²) < 4.78 is 37.2. The molecule has 1 heterocycles. The van der Waals surface area contributed by atoms with E-state index < -0.39 is 9.84 Å². The van der Waals surface area contributed by atoms with Crippen LogP contribution in [0.1, 0.15) is 24.9 Å². The van der Waals surface area contributed by atoms with Gasteiger partial charge in [-0.05, 0) is 52.5 Å². The minimum atomic E-state index is -2.93. The Bertz CT molecular complexity index is 562. The highest BCUT2D eigenvalue weighted by Gasteiger charge is 2.34. The summed E-state index contributed by atoms with van der Waals surface area (Å²) in [6, 6.07) is 4.87. The highest BCUT2D eigenvalue weighted by atomic mass is 79.9. The van der Waals surface area contributed by atoms with E-state index in [9.17, 15) is 12.8 Å². The quantitative estimate of drug-likeness (QED) is 0.908. The fourth-order valence-electron chi connectivity index (χ4n) is 2.57. The van der Waals surface area contributed by atoms with Crippen molar-refractivity contribution in [3.63, 3.8) is 0 Å². The Morgan fingerprint density at radius 3 is 2.79 bits per heavy atom. The molecule has 2 unspecified atom stereocenters. The third-order valence-corrected chi connectivity index (χ3v) is 5.90. The Labute approximate surface area is 121 Å². The summed E-state index contributed by atoms with van der Waals surface area (Å²) in [5.74, 6) is 0.118. The van der Waals surface area contributed by atoms with Crippen LogP contribution in [0.4, 0.5) is 4.39 Å². The molecule has 2 atom stereocenters. The van der Waals surface area contributed by atoms with Crippen LogP contribution in [0.15, 0.2) is 22.7 Å². The lowest BCUT2D eigenvalue weighted by molar-refractivity contribution is 0.398. The molecule has 0 radical (unpaired) electrons. The van der Waals surface area contributed by atoms with Crippen LogP contribution in [0.2, 0.25) is 0 Å². The molecule has 0 amide bonds. The smallest absolute Gasteiger partial charge is 0.150 e. The van der Waals surface area contributed by atoms with Crippen molar-refractivity contribution in [2.24, 2.45) is 5.92 Å². The summed E-state index contributed by atoms with van der Waals surface area (Å²) in [6.45, 7) is 2.69. The van der Waals surface area contributed by atoms with Crippen molar-refractivity contribution in [2.75, 3.05) is 18.1 Å². The first kappa shape index (κ1) is 14.9. The number of hydrogen-bond acceptors (Lipinski definition) is 3. The number of nitrogens with one attached hydrogen (secondary N) is 1. The van der Waals surface area contributed by atoms with E-state index in [4.69, 9.17) is 0 Å². The zero-order chi connectivity index (χ0) is 14.0. The predicted molar refractivity (Wildman–Crippen MR) is 77.3 cm³/mol. The first-order chi connectivity index (χ1) is 8.93. The van der Waals surface area contributed by atoms with E-state index in [1.807, 2.05) is 13.0 Å². The molecule has 1 aromatic rings. The second-order valence-corrected chi connectivity index (χ2v) is 7.96. The van der Waals surface area contributed by atoms with E-state index in [0.29, 0.717) is 10.9 Å². The molecule has 0 saturated carbocycles. The van der Waals surface area contributed by atoms with Crippen molar-refractivity contribution in [3.8, 4) is 0 Å². The lowest BCUT2D eigenvalue weighted by Crippen LogP contribution is -2.29. The third kappa shape index (κ3) is 3.55. The maximum atomic E-state index is 13.6. The van der Waals surface area contributed by atoms with Gasteiger partial charge in [-0.3, -0.25) is 0 Å². The van der Waals surface area contributed by atoms with Gasteiger partial charge in [0.1, 0.15) is 5.82 Å². The average molecular weight is 350 g/mol. The van der Waals surface area contributed by atoms with E-state index in [1.165, 1.54) is 6.07 Å². The minimum Gasteiger partial charge on any atom is -0.310 e. The number of hydrogen-bond donors (Lipinski definition) is 1. The van der Waals surface area contributed by atoms with Gasteiger partial charge in [-0.15, -0.1) is 0 Å². The number of halogens is 2. The van der Waals surface area contributed by atoms with Crippen LogP contribution in [0, 0.1) is 11.7 Å². The molecule has 3 nitrogen and oxygen atoms in total. The summed E-state index contributed by atoms with van der Waals surface area (Å²) in [5.41, 5.74) is 0.810. The highest BCUT2D eigenvalue weighted by Crippen LogP contribution is 2.32. The van der Waals surface area contributed by atoms with Crippen molar-refractivity contribution in [2.45, 2.75) is 19.4 Å². The van der Waals surface area contributed by atoms with Crippen molar-refractivity contribution < 1.29 is 12.8 Å². The SMILES string of the molecule is CCNC(c1ccc(Br)c(F)c1)C1CCS(=O)(=O)C1. The van der Waals surface area contributed by atoms with Crippen LogP contribution in [0.25, 0.3) is 0 Å². The lowest BCUT2D eigenvalue weighted by Gasteiger charge is -2.24. The second kappa shape index (κ2) is 5.89. The molecule has 106 valence electrons. The maximum absolute atomic E-state index is 13.6. The summed E-state index contributed by atoms with van der Waals surface area (Å²) >= 11 is 3.13. The van der Waals surface area contributed by atoms with Crippen molar-refractivity contribution >= 4 is 25.8 Å². The normalized spacial score (nSPS) is 23.4. The largest absolute Gasteiger partial charge is 0.310 e. The number of rotatable bonds is 4. The van der Waals surface area contributed by atoms with Crippen LogP contribution in [-0.4, -0.2) is 26.5 Å². The second-order valence-electron chi connectivity index (χ2n) is 4.87. The van der Waals surface area contributed by atoms with Gasteiger partial charge in [0.2, 0.25) is 0 Å². The van der Waals surface area contributed by atoms with E-state index in [0.717, 1.165) is 12.1 Å². The van der Waals surface area contributed by atoms with E-state index >= 15 is 0 Å². The Morgan fingerprint density at radius 2 is 2.26 bits per heavy atom. The Morgan fingerprint density at radius 1 is 1.53 bits per heavy atom. The van der Waals surface area contributed by atoms with Gasteiger partial charge in [0.15, 0.2) is 9.84 Å². The van der Waals surface area contributed by atoms with Gasteiger partial charge in [-0.2, -0.15) is 0 Å². The third-order valence-electron chi connectivity index (χ3n) is 3.47. The van der Waals surface area contributed by atoms with Crippen LogP contribution >= 0.6 is 15.9 Å². The first-order valence-electron chi connectivity index (χ1n) is 6.31. The molecule has 0 bridgehead atoms. The zero-order valence-electron chi connectivity index (χ0n) is 10.7. The zero-order valence-corrected chi connectivity index (χ0v) is 13.1. The van der Waals surface area contributed by atoms with Crippen LogP contribution in [0.5, 0.6) is 0 Å². The van der Waals surface area contributed by atoms with Gasteiger partial charge >= 0.3 is 0 Å². The molecule has 1 aliphatic rings. The molecule has 2 rings (SSSR count). The van der Waals surface area contributed by atoms with Gasteiger partial charge in [-0.1, -0.05) is 13.0 Å². The summed E-state index contributed by atoms with van der Waals surface area (Å²) in [6.07, 6.45) is 0.637. The fourth-order valence-corrected chi connectivity index (χ4v) is 4.66. The fraction of sp³-hybridized carbons (Fsp3) is 0.538. The standard InChI is InChI=1S/C13H17BrFNO2S/c1-2-16-13(10-5-6-19(17,18)8-10)9-3-4-11(14)12(15)7-9/h3-4,7,10,13,16H,2,5-6,8H2,1H3. The predicted octanol–water partition coefficient (Wildman–Crippen LogP) is 2.67. The monoisotopic (exact) mass is 349 g/mol. The minimum absolute atomic E-state index is 0.0190. The van der Waals surface area contributed by atoms with Crippen molar-refractivity contribution in [1.29, 1.82) is 0 Å². The highest BCUT2D eigenvalue weighted by molar-refractivity contribution is 9.10. The van der Waals surface area contributed by atoms with Gasteiger partial charge < -0.3 is 5.32 Å². The van der Waals surface area contributed by atoms with Crippen LogP contribution in [-0.2, 0) is 9.84 Å². The summed E-state index contributed by atoms with van der Waals surface area (Å²) in [4.78, 5) is 0. The molecule has 1 aromatic carbocycles. The van der Waals surface area contributed by atoms with Gasteiger partial charge in [0.25, 0.3) is 0 Å². The number of benzene rings is 1. The Hall–Kier alpha value is -0.460. The molecule has 0 aliphatic carbocycles. The van der Waals surface area contributed by atoms with Crippen molar-refractivity contribution in [1.82, 2.24) is 5.32 Å². The van der Waals surface area contributed by atoms with E-state index in [2.05, 4.69) is 21.2 Å². The van der Waals surface area contributed by atoms with E-state index in [-0.39, 0.29) is 29.3 Å². The molecule has 6 heteroatoms. The van der Waals surface area contributed by atoms with Gasteiger partial charge in [0.05, 0.1) is 16.0 Å². The topological polar surface area (TPSA) is 46.2 Å². The molecular formula is C13H17BrFNO2S. The first-order valence-corrected chi connectivity index (χ1v) is 8.93. The summed E-state index contributed by atoms with van der Waals surface area (Å²) in [7, 11) is -2.93. The van der Waals surface area contributed by atoms with Crippen molar-refractivity contribution in [3.05, 3.63) is 34.1 Å². The molecule has 0 aromatic heterocycles. The average Bonchev–Trinajstić information content (AvgIpc) is 2.70. The van der Waals surface area contributed by atoms with Gasteiger partial charge in [0, 0.05) is 6.04 Å². The molecule has 1 N–H and O–H groups in total. The molecule has 1 aliphatic heterocycles. The van der Waals surface area contributed by atoms with Crippen LogP contribution < -0.4 is 5.32 Å². The number of sulfone groups is 1. The summed E-state index contributed by atoms with van der Waals surface area (Å²) in [5, 5.41) is 3.28. The molecule has 1 saturated heterocycles. The Balaban J connectivity index is 2.27. The molecule has 19 heavy (non-hydrogen) atoms.